The zero-order valence-electron chi connectivity index (χ0n) is 6.15. The summed E-state index contributed by atoms with van der Waals surface area (Å²) < 4.78 is 28.7. The van der Waals surface area contributed by atoms with Gasteiger partial charge in [0.2, 0.25) is 0 Å². The van der Waals surface area contributed by atoms with E-state index in [1.807, 2.05) is 0 Å². The minimum atomic E-state index is -2.73. The summed E-state index contributed by atoms with van der Waals surface area (Å²) in [6.45, 7) is 0. The normalized spacial score (nSPS) is 11.0. The van der Waals surface area contributed by atoms with Gasteiger partial charge in [-0.2, -0.15) is 8.78 Å². The molecule has 2 heterocycles. The highest BCUT2D eigenvalue weighted by Crippen LogP contribution is 2.23. The van der Waals surface area contributed by atoms with Gasteiger partial charge in [0.05, 0.1) is 0 Å². The van der Waals surface area contributed by atoms with E-state index in [4.69, 9.17) is 0 Å². The van der Waals surface area contributed by atoms with E-state index in [1.165, 1.54) is 17.5 Å². The lowest BCUT2D eigenvalue weighted by molar-refractivity contribution is 0.116. The Morgan fingerprint density at radius 3 is 2.77 bits per heavy atom. The molecule has 4 nitrogen and oxygen atoms in total. The third kappa shape index (κ3) is 1.55. The Balaban J connectivity index is 2.33. The Labute approximate surface area is 75.2 Å². The summed E-state index contributed by atoms with van der Waals surface area (Å²) >= 11 is 1.25. The predicted molar refractivity (Wildman–Crippen MR) is 40.4 cm³/mol. The number of hydrogen-bond donors (Lipinski definition) is 0. The van der Waals surface area contributed by atoms with Crippen LogP contribution in [0.5, 0.6) is 0 Å². The summed E-state index contributed by atoms with van der Waals surface area (Å²) in [6.07, 6.45) is -1.20. The van der Waals surface area contributed by atoms with Crippen LogP contribution in [0.2, 0.25) is 0 Å². The fraction of sp³-hybridized carbons (Fsp3) is 0.167. The van der Waals surface area contributed by atoms with E-state index >= 15 is 0 Å². The van der Waals surface area contributed by atoms with E-state index in [-0.39, 0.29) is 5.89 Å². The predicted octanol–water partition coefficient (Wildman–Crippen LogP) is 2.13. The third-order valence-corrected chi connectivity index (χ3v) is 2.00. The molecule has 7 heteroatoms. The summed E-state index contributed by atoms with van der Waals surface area (Å²) in [5.74, 6) is -0.643. The van der Waals surface area contributed by atoms with Gasteiger partial charge >= 0.3 is 6.43 Å². The van der Waals surface area contributed by atoms with Gasteiger partial charge in [0.1, 0.15) is 0 Å². The van der Waals surface area contributed by atoms with Gasteiger partial charge in [0, 0.05) is 11.6 Å². The molecule has 0 unspecified atom stereocenters. The van der Waals surface area contributed by atoms with E-state index in [1.54, 1.807) is 5.38 Å². The third-order valence-electron chi connectivity index (χ3n) is 1.24. The minimum absolute atomic E-state index is 0.0327. The Hall–Kier alpha value is -1.37. The van der Waals surface area contributed by atoms with Crippen LogP contribution in [0.1, 0.15) is 12.3 Å². The van der Waals surface area contributed by atoms with Gasteiger partial charge in [-0.25, -0.2) is 4.98 Å². The number of hydrogen-bond acceptors (Lipinski definition) is 5. The number of thiazole rings is 1. The molecule has 0 atom stereocenters. The second-order valence-electron chi connectivity index (χ2n) is 2.08. The van der Waals surface area contributed by atoms with Gasteiger partial charge in [0.15, 0.2) is 5.01 Å². The van der Waals surface area contributed by atoms with Crippen LogP contribution in [0.4, 0.5) is 8.78 Å². The molecular weight excluding hydrogens is 200 g/mol. The lowest BCUT2D eigenvalue weighted by Gasteiger charge is -1.86. The van der Waals surface area contributed by atoms with Gasteiger partial charge in [-0.1, -0.05) is 0 Å². The largest absolute Gasteiger partial charge is 0.413 e. The van der Waals surface area contributed by atoms with Crippen molar-refractivity contribution in [2.75, 3.05) is 0 Å². The first-order valence-electron chi connectivity index (χ1n) is 3.29. The Morgan fingerprint density at radius 1 is 1.38 bits per heavy atom. The molecule has 2 aromatic heterocycles. The Bertz CT molecular complexity index is 386. The average Bonchev–Trinajstić information content (AvgIpc) is 2.75. The lowest BCUT2D eigenvalue weighted by Crippen LogP contribution is -1.81. The van der Waals surface area contributed by atoms with Crippen molar-refractivity contribution in [1.82, 2.24) is 15.2 Å². The van der Waals surface area contributed by atoms with Gasteiger partial charge < -0.3 is 4.42 Å². The first-order valence-corrected chi connectivity index (χ1v) is 4.17. The molecule has 68 valence electrons. The molecule has 0 aliphatic carbocycles. The van der Waals surface area contributed by atoms with Crippen molar-refractivity contribution in [1.29, 1.82) is 0 Å². The highest BCUT2D eigenvalue weighted by atomic mass is 32.1. The van der Waals surface area contributed by atoms with Gasteiger partial charge in [-0.3, -0.25) is 0 Å². The molecule has 0 aromatic carbocycles. The van der Waals surface area contributed by atoms with E-state index in [9.17, 15) is 8.78 Å². The summed E-state index contributed by atoms with van der Waals surface area (Å²) in [5, 5.41) is 8.74. The van der Waals surface area contributed by atoms with Gasteiger partial charge in [-0.15, -0.1) is 21.5 Å². The zero-order chi connectivity index (χ0) is 9.26. The fourth-order valence-corrected chi connectivity index (χ4v) is 1.29. The number of aromatic nitrogens is 3. The minimum Gasteiger partial charge on any atom is -0.413 e. The van der Waals surface area contributed by atoms with Crippen molar-refractivity contribution in [3.63, 3.8) is 0 Å². The number of nitrogens with zero attached hydrogens (tertiary/aromatic N) is 3. The van der Waals surface area contributed by atoms with Crippen LogP contribution in [0, 0.1) is 0 Å². The van der Waals surface area contributed by atoms with Crippen LogP contribution in [0.15, 0.2) is 16.0 Å². The van der Waals surface area contributed by atoms with Crippen molar-refractivity contribution in [3.05, 3.63) is 17.5 Å². The molecular formula is C6H3F2N3OS. The Kier molecular flexibility index (Phi) is 2.01. The lowest BCUT2D eigenvalue weighted by atomic mass is 10.7. The van der Waals surface area contributed by atoms with Gasteiger partial charge in [0.25, 0.3) is 11.8 Å². The SMILES string of the molecule is FC(F)c1nnc(-c2nccs2)o1. The summed E-state index contributed by atoms with van der Waals surface area (Å²) in [7, 11) is 0. The van der Waals surface area contributed by atoms with Crippen LogP contribution in [-0.2, 0) is 0 Å². The van der Waals surface area contributed by atoms with Crippen molar-refractivity contribution < 1.29 is 13.2 Å². The highest BCUT2D eigenvalue weighted by Gasteiger charge is 2.17. The summed E-state index contributed by atoms with van der Waals surface area (Å²) in [5.41, 5.74) is 0. The molecule has 13 heavy (non-hydrogen) atoms. The molecule has 0 spiro atoms. The molecule has 0 amide bonds. The van der Waals surface area contributed by atoms with Crippen LogP contribution >= 0.6 is 11.3 Å². The first kappa shape index (κ1) is 8.24. The second-order valence-corrected chi connectivity index (χ2v) is 2.98. The maximum atomic E-state index is 12.0. The molecule has 2 aromatic rings. The van der Waals surface area contributed by atoms with E-state index in [2.05, 4.69) is 19.6 Å². The van der Waals surface area contributed by atoms with Crippen LogP contribution in [0.3, 0.4) is 0 Å². The quantitative estimate of drug-likeness (QED) is 0.750. The second kappa shape index (κ2) is 3.17. The molecule has 0 saturated carbocycles. The fourth-order valence-electron chi connectivity index (χ4n) is 0.738. The smallest absolute Gasteiger partial charge is 0.314 e. The standard InChI is InChI=1S/C6H3F2N3OS/c7-3(8)4-10-11-5(12-4)6-9-1-2-13-6/h1-3H. The highest BCUT2D eigenvalue weighted by molar-refractivity contribution is 7.12. The monoisotopic (exact) mass is 203 g/mol. The molecule has 0 N–H and O–H groups in total. The molecule has 0 saturated heterocycles. The van der Waals surface area contributed by atoms with Crippen LogP contribution in [-0.4, -0.2) is 15.2 Å². The van der Waals surface area contributed by atoms with Crippen LogP contribution in [0.25, 0.3) is 10.9 Å². The first-order chi connectivity index (χ1) is 6.27. The zero-order valence-corrected chi connectivity index (χ0v) is 6.96. The molecule has 2 rings (SSSR count). The van der Waals surface area contributed by atoms with Crippen LogP contribution < -0.4 is 0 Å². The number of halogens is 2. The summed E-state index contributed by atoms with van der Waals surface area (Å²) in [6, 6.07) is 0. The van der Waals surface area contributed by atoms with Gasteiger partial charge in [-0.05, 0) is 0 Å². The van der Waals surface area contributed by atoms with Crippen molar-refractivity contribution in [3.8, 4) is 10.9 Å². The summed E-state index contributed by atoms with van der Waals surface area (Å²) in [4.78, 5) is 3.84. The van der Waals surface area contributed by atoms with E-state index < -0.39 is 12.3 Å². The number of rotatable bonds is 2. The average molecular weight is 203 g/mol. The van der Waals surface area contributed by atoms with Crippen molar-refractivity contribution in [2.45, 2.75) is 6.43 Å². The van der Waals surface area contributed by atoms with E-state index in [0.29, 0.717) is 5.01 Å². The van der Waals surface area contributed by atoms with Crippen molar-refractivity contribution >= 4 is 11.3 Å². The Morgan fingerprint density at radius 2 is 2.23 bits per heavy atom. The molecule has 0 aliphatic heterocycles. The molecule has 0 bridgehead atoms. The molecule has 0 fully saturated rings. The maximum absolute atomic E-state index is 12.0. The van der Waals surface area contributed by atoms with Crippen molar-refractivity contribution in [2.24, 2.45) is 0 Å². The molecule has 0 aliphatic rings. The van der Waals surface area contributed by atoms with E-state index in [0.717, 1.165) is 0 Å². The topological polar surface area (TPSA) is 51.8 Å². The molecule has 0 radical (unpaired) electrons. The number of alkyl halides is 2. The maximum Gasteiger partial charge on any atom is 0.314 e.